The van der Waals surface area contributed by atoms with Crippen molar-refractivity contribution in [1.29, 1.82) is 0 Å². The van der Waals surface area contributed by atoms with Crippen molar-refractivity contribution in [2.45, 2.75) is 13.8 Å². The second-order valence-corrected chi connectivity index (χ2v) is 6.13. The van der Waals surface area contributed by atoms with Crippen LogP contribution in [0.3, 0.4) is 0 Å². The molecule has 1 amide bonds. The summed E-state index contributed by atoms with van der Waals surface area (Å²) < 4.78 is 6.64. The molecule has 148 valence electrons. The fraction of sp³-hybridized carbons (Fsp3) is 0.150. The molecular weight excluding hydrogens is 376 g/mol. The summed E-state index contributed by atoms with van der Waals surface area (Å²) in [6.07, 6.45) is 1.45. The number of aromatic nitrogens is 2. The average molecular weight is 394 g/mol. The minimum atomic E-state index is -0.844. The standard InChI is InChI=1S/C20H18N4O5/c1-3-29-15-8-9-16(17(12-15)24(27)28)21-20(26)19-18(25)10-11-23(22-19)14-6-4-13(2)5-7-14/h4-12H,3H2,1-2H3,(H,21,26). The number of carbonyl (C=O) groups excluding carboxylic acids is 1. The van der Waals surface area contributed by atoms with Gasteiger partial charge in [-0.05, 0) is 38.1 Å². The number of hydrogen-bond donors (Lipinski definition) is 1. The number of nitro benzene ring substituents is 1. The van der Waals surface area contributed by atoms with Gasteiger partial charge in [0.1, 0.15) is 11.4 Å². The Morgan fingerprint density at radius 1 is 1.21 bits per heavy atom. The lowest BCUT2D eigenvalue weighted by atomic mass is 10.2. The van der Waals surface area contributed by atoms with E-state index in [0.717, 1.165) is 5.56 Å². The summed E-state index contributed by atoms with van der Waals surface area (Å²) in [5, 5.41) is 17.8. The summed E-state index contributed by atoms with van der Waals surface area (Å²) in [5.74, 6) is -0.541. The molecule has 0 spiro atoms. The molecule has 3 aromatic rings. The van der Waals surface area contributed by atoms with E-state index in [1.165, 1.54) is 35.1 Å². The van der Waals surface area contributed by atoms with Crippen LogP contribution in [0.1, 0.15) is 23.0 Å². The molecule has 1 aromatic heterocycles. The Hall–Kier alpha value is -4.01. The Kier molecular flexibility index (Phi) is 5.68. The molecule has 0 unspecified atom stereocenters. The summed E-state index contributed by atoms with van der Waals surface area (Å²) in [5.41, 5.74) is 0.331. The van der Waals surface area contributed by atoms with Crippen LogP contribution in [0.2, 0.25) is 0 Å². The van der Waals surface area contributed by atoms with Gasteiger partial charge >= 0.3 is 0 Å². The van der Waals surface area contributed by atoms with Gasteiger partial charge in [-0.2, -0.15) is 5.10 Å². The van der Waals surface area contributed by atoms with Crippen molar-refractivity contribution >= 4 is 17.3 Å². The fourth-order valence-electron chi connectivity index (χ4n) is 2.61. The van der Waals surface area contributed by atoms with E-state index in [1.807, 2.05) is 19.1 Å². The number of nitrogens with one attached hydrogen (secondary N) is 1. The molecule has 0 aliphatic heterocycles. The highest BCUT2D eigenvalue weighted by Gasteiger charge is 2.20. The molecule has 0 fully saturated rings. The number of rotatable bonds is 6. The third-order valence-corrected chi connectivity index (χ3v) is 4.05. The maximum Gasteiger partial charge on any atom is 0.296 e. The van der Waals surface area contributed by atoms with Gasteiger partial charge in [0.2, 0.25) is 5.43 Å². The number of nitrogens with zero attached hydrogens (tertiary/aromatic N) is 3. The molecule has 29 heavy (non-hydrogen) atoms. The highest BCUT2D eigenvalue weighted by atomic mass is 16.6. The third kappa shape index (κ3) is 4.46. The van der Waals surface area contributed by atoms with Crippen molar-refractivity contribution in [2.75, 3.05) is 11.9 Å². The molecule has 0 aliphatic rings. The summed E-state index contributed by atoms with van der Waals surface area (Å²) in [6.45, 7) is 4.03. The van der Waals surface area contributed by atoms with E-state index >= 15 is 0 Å². The molecule has 0 saturated heterocycles. The molecule has 9 nitrogen and oxygen atoms in total. The van der Waals surface area contributed by atoms with Gasteiger partial charge in [0, 0.05) is 12.3 Å². The number of ether oxygens (including phenoxy) is 1. The summed E-state index contributed by atoms with van der Waals surface area (Å²) in [7, 11) is 0. The zero-order chi connectivity index (χ0) is 21.0. The van der Waals surface area contributed by atoms with Crippen LogP contribution in [-0.4, -0.2) is 27.2 Å². The minimum Gasteiger partial charge on any atom is -0.494 e. The first kappa shape index (κ1) is 19.7. The van der Waals surface area contributed by atoms with Gasteiger partial charge < -0.3 is 10.1 Å². The topological polar surface area (TPSA) is 116 Å². The van der Waals surface area contributed by atoms with Crippen LogP contribution in [0.5, 0.6) is 5.75 Å². The predicted octanol–water partition coefficient (Wildman–Crippen LogP) is 3.10. The van der Waals surface area contributed by atoms with Crippen LogP contribution < -0.4 is 15.5 Å². The maximum absolute atomic E-state index is 12.6. The molecule has 2 aromatic carbocycles. The van der Waals surface area contributed by atoms with E-state index in [4.69, 9.17) is 4.74 Å². The number of anilines is 1. The molecule has 9 heteroatoms. The van der Waals surface area contributed by atoms with Crippen molar-refractivity contribution in [3.8, 4) is 11.4 Å². The van der Waals surface area contributed by atoms with Gasteiger partial charge in [0.05, 0.1) is 23.3 Å². The Balaban J connectivity index is 1.93. The van der Waals surface area contributed by atoms with Crippen LogP contribution in [-0.2, 0) is 0 Å². The number of hydrogen-bond acceptors (Lipinski definition) is 6. The van der Waals surface area contributed by atoms with E-state index in [-0.39, 0.29) is 17.1 Å². The first-order valence-electron chi connectivity index (χ1n) is 8.78. The van der Waals surface area contributed by atoms with E-state index in [2.05, 4.69) is 10.4 Å². The molecule has 0 aliphatic carbocycles. The van der Waals surface area contributed by atoms with Crippen LogP contribution in [0.25, 0.3) is 5.69 Å². The van der Waals surface area contributed by atoms with Gasteiger partial charge in [-0.1, -0.05) is 17.7 Å². The number of amides is 1. The van der Waals surface area contributed by atoms with Crippen LogP contribution in [0.15, 0.2) is 59.5 Å². The minimum absolute atomic E-state index is 0.0598. The van der Waals surface area contributed by atoms with Crippen LogP contribution in [0, 0.1) is 17.0 Å². The SMILES string of the molecule is CCOc1ccc(NC(=O)c2nn(-c3ccc(C)cc3)ccc2=O)c([N+](=O)[O-])c1. The lowest BCUT2D eigenvalue weighted by Gasteiger charge is -2.09. The zero-order valence-electron chi connectivity index (χ0n) is 15.8. The largest absolute Gasteiger partial charge is 0.494 e. The Labute approximate surface area is 165 Å². The molecule has 1 N–H and O–H groups in total. The second kappa shape index (κ2) is 8.34. The van der Waals surface area contributed by atoms with E-state index in [0.29, 0.717) is 18.0 Å². The fourth-order valence-corrected chi connectivity index (χ4v) is 2.61. The predicted molar refractivity (Wildman–Crippen MR) is 107 cm³/mol. The van der Waals surface area contributed by atoms with Crippen LogP contribution in [0.4, 0.5) is 11.4 Å². The van der Waals surface area contributed by atoms with Gasteiger partial charge in [0.15, 0.2) is 5.69 Å². The summed E-state index contributed by atoms with van der Waals surface area (Å²) in [4.78, 5) is 35.5. The molecule has 0 bridgehead atoms. The Morgan fingerprint density at radius 3 is 2.59 bits per heavy atom. The highest BCUT2D eigenvalue weighted by Crippen LogP contribution is 2.29. The molecule has 1 heterocycles. The quantitative estimate of drug-likeness (QED) is 0.507. The van der Waals surface area contributed by atoms with Gasteiger partial charge in [-0.25, -0.2) is 4.68 Å². The van der Waals surface area contributed by atoms with Crippen molar-refractivity contribution < 1.29 is 14.5 Å². The van der Waals surface area contributed by atoms with Crippen molar-refractivity contribution in [2.24, 2.45) is 0 Å². The lowest BCUT2D eigenvalue weighted by molar-refractivity contribution is -0.384. The van der Waals surface area contributed by atoms with Crippen LogP contribution >= 0.6 is 0 Å². The van der Waals surface area contributed by atoms with Crippen molar-refractivity contribution in [3.05, 3.63) is 86.3 Å². The van der Waals surface area contributed by atoms with E-state index < -0.39 is 16.3 Å². The molecule has 0 atom stereocenters. The monoisotopic (exact) mass is 394 g/mol. The molecule has 0 saturated carbocycles. The lowest BCUT2D eigenvalue weighted by Crippen LogP contribution is -2.25. The van der Waals surface area contributed by atoms with E-state index in [1.54, 1.807) is 19.1 Å². The molecule has 0 radical (unpaired) electrons. The average Bonchev–Trinajstić information content (AvgIpc) is 2.70. The number of nitro groups is 1. The first-order valence-corrected chi connectivity index (χ1v) is 8.78. The third-order valence-electron chi connectivity index (χ3n) is 4.05. The summed E-state index contributed by atoms with van der Waals surface area (Å²) >= 11 is 0. The molecule has 3 rings (SSSR count). The number of aryl methyl sites for hydroxylation is 1. The normalized spacial score (nSPS) is 10.4. The Bertz CT molecular complexity index is 1120. The van der Waals surface area contributed by atoms with Gasteiger partial charge in [-0.15, -0.1) is 0 Å². The Morgan fingerprint density at radius 2 is 1.93 bits per heavy atom. The van der Waals surface area contributed by atoms with Gasteiger partial charge in [-0.3, -0.25) is 19.7 Å². The molecular formula is C20H18N4O5. The van der Waals surface area contributed by atoms with E-state index in [9.17, 15) is 19.7 Å². The highest BCUT2D eigenvalue weighted by molar-refractivity contribution is 6.04. The van der Waals surface area contributed by atoms with Gasteiger partial charge in [0.25, 0.3) is 11.6 Å². The number of benzene rings is 2. The smallest absolute Gasteiger partial charge is 0.296 e. The summed E-state index contributed by atoms with van der Waals surface area (Å²) in [6, 6.07) is 12.6. The van der Waals surface area contributed by atoms with Crippen molar-refractivity contribution in [1.82, 2.24) is 9.78 Å². The zero-order valence-corrected chi connectivity index (χ0v) is 15.8. The van der Waals surface area contributed by atoms with Crippen molar-refractivity contribution in [3.63, 3.8) is 0 Å². The first-order chi connectivity index (χ1) is 13.9. The number of carbonyl (C=O) groups is 1. The second-order valence-electron chi connectivity index (χ2n) is 6.13. The maximum atomic E-state index is 12.6.